The quantitative estimate of drug-likeness (QED) is 0.554. The van der Waals surface area contributed by atoms with Gasteiger partial charge in [-0.25, -0.2) is 0 Å². The van der Waals surface area contributed by atoms with Crippen LogP contribution in [-0.4, -0.2) is 20.4 Å². The lowest BCUT2D eigenvalue weighted by Gasteiger charge is -1.82. The summed E-state index contributed by atoms with van der Waals surface area (Å²) in [5.41, 5.74) is 1.50. The lowest BCUT2D eigenvalue weighted by Crippen LogP contribution is -1.75. The molecular formula is C5H4N4S. The third kappa shape index (κ3) is 0.714. The van der Waals surface area contributed by atoms with Gasteiger partial charge >= 0.3 is 0 Å². The van der Waals surface area contributed by atoms with E-state index >= 15 is 0 Å². The van der Waals surface area contributed by atoms with Gasteiger partial charge in [0.25, 0.3) is 0 Å². The second-order valence-electron chi connectivity index (χ2n) is 1.88. The van der Waals surface area contributed by atoms with Gasteiger partial charge in [0.2, 0.25) is 0 Å². The molecule has 0 bridgehead atoms. The maximum absolute atomic E-state index is 4.87. The van der Waals surface area contributed by atoms with Crippen LogP contribution >= 0.6 is 12.2 Å². The van der Waals surface area contributed by atoms with Crippen LogP contribution in [0.4, 0.5) is 0 Å². The third-order valence-corrected chi connectivity index (χ3v) is 1.45. The third-order valence-electron chi connectivity index (χ3n) is 1.21. The zero-order valence-corrected chi connectivity index (χ0v) is 5.77. The molecule has 2 aromatic rings. The van der Waals surface area contributed by atoms with Gasteiger partial charge in [0.15, 0.2) is 5.65 Å². The normalized spacial score (nSPS) is 10.4. The minimum absolute atomic E-state index is 0.668. The van der Waals surface area contributed by atoms with E-state index in [4.69, 9.17) is 12.2 Å². The number of hydrogen-bond acceptors (Lipinski definition) is 3. The molecule has 2 heterocycles. The van der Waals surface area contributed by atoms with Crippen molar-refractivity contribution in [3.05, 3.63) is 16.8 Å². The van der Waals surface area contributed by atoms with E-state index in [1.54, 1.807) is 6.07 Å². The van der Waals surface area contributed by atoms with Crippen LogP contribution in [-0.2, 0) is 0 Å². The Hall–Kier alpha value is -1.23. The fraction of sp³-hybridized carbons (Fsp3) is 0. The summed E-state index contributed by atoms with van der Waals surface area (Å²) in [6.07, 6.45) is 0. The Morgan fingerprint density at radius 2 is 2.20 bits per heavy atom. The Morgan fingerprint density at radius 3 is 3.10 bits per heavy atom. The van der Waals surface area contributed by atoms with Gasteiger partial charge in [-0.3, -0.25) is 0 Å². The van der Waals surface area contributed by atoms with E-state index in [0.29, 0.717) is 10.3 Å². The van der Waals surface area contributed by atoms with E-state index in [-0.39, 0.29) is 0 Å². The smallest absolute Gasteiger partial charge is 0.180 e. The summed E-state index contributed by atoms with van der Waals surface area (Å²) in [5.74, 6) is 0. The highest BCUT2D eigenvalue weighted by Gasteiger charge is 1.93. The summed E-state index contributed by atoms with van der Waals surface area (Å²) >= 11 is 4.87. The topological polar surface area (TPSA) is 57.4 Å². The maximum Gasteiger partial charge on any atom is 0.180 e. The Balaban J connectivity index is 2.99. The number of H-pyrrole nitrogens is 2. The van der Waals surface area contributed by atoms with Crippen molar-refractivity contribution < 1.29 is 0 Å². The maximum atomic E-state index is 4.87. The van der Waals surface area contributed by atoms with Gasteiger partial charge in [0, 0.05) is 0 Å². The Morgan fingerprint density at radius 1 is 1.30 bits per heavy atom. The number of aromatic nitrogens is 4. The molecule has 0 aliphatic rings. The van der Waals surface area contributed by atoms with E-state index in [9.17, 15) is 0 Å². The highest BCUT2D eigenvalue weighted by molar-refractivity contribution is 7.71. The SMILES string of the molecule is S=c1ccc2n[nH]nc2[nH]1. The average Bonchev–Trinajstić information content (AvgIpc) is 2.33. The molecule has 0 saturated heterocycles. The summed E-state index contributed by atoms with van der Waals surface area (Å²) in [7, 11) is 0. The zero-order chi connectivity index (χ0) is 6.97. The molecule has 2 N–H and O–H groups in total. The van der Waals surface area contributed by atoms with Crippen molar-refractivity contribution in [3.63, 3.8) is 0 Å². The van der Waals surface area contributed by atoms with Gasteiger partial charge in [-0.05, 0) is 12.1 Å². The van der Waals surface area contributed by atoms with Crippen LogP contribution in [0.15, 0.2) is 12.1 Å². The molecule has 2 rings (SSSR count). The molecule has 0 aliphatic heterocycles. The first-order valence-electron chi connectivity index (χ1n) is 2.76. The first-order valence-corrected chi connectivity index (χ1v) is 3.17. The summed E-state index contributed by atoms with van der Waals surface area (Å²) < 4.78 is 0.668. The van der Waals surface area contributed by atoms with Crippen molar-refractivity contribution in [2.45, 2.75) is 0 Å². The standard InChI is InChI=1S/C5H4N4S/c10-4-2-1-3-5(6-4)8-9-7-3/h1-2H,(H2,6,7,8,9,10). The van der Waals surface area contributed by atoms with Crippen molar-refractivity contribution >= 4 is 23.4 Å². The van der Waals surface area contributed by atoms with Crippen molar-refractivity contribution in [2.75, 3.05) is 0 Å². The molecule has 0 aromatic carbocycles. The van der Waals surface area contributed by atoms with Crippen molar-refractivity contribution in [1.82, 2.24) is 20.4 Å². The fourth-order valence-electron chi connectivity index (χ4n) is 0.760. The number of nitrogens with zero attached hydrogens (tertiary/aromatic N) is 2. The van der Waals surface area contributed by atoms with Crippen LogP contribution < -0.4 is 0 Å². The number of rotatable bonds is 0. The fourth-order valence-corrected chi connectivity index (χ4v) is 0.925. The minimum Gasteiger partial charge on any atom is -0.328 e. The molecule has 0 saturated carbocycles. The van der Waals surface area contributed by atoms with Crippen LogP contribution in [0.2, 0.25) is 0 Å². The molecule has 0 atom stereocenters. The molecule has 0 unspecified atom stereocenters. The van der Waals surface area contributed by atoms with Crippen LogP contribution in [0, 0.1) is 4.64 Å². The monoisotopic (exact) mass is 152 g/mol. The summed E-state index contributed by atoms with van der Waals surface area (Å²) in [5, 5.41) is 10.2. The predicted octanol–water partition coefficient (Wildman–Crippen LogP) is 1.02. The molecule has 0 aliphatic carbocycles. The number of pyridine rings is 1. The molecule has 2 aromatic heterocycles. The number of hydrogen-bond donors (Lipinski definition) is 2. The highest BCUT2D eigenvalue weighted by Crippen LogP contribution is 2.01. The molecule has 0 spiro atoms. The Kier molecular flexibility index (Phi) is 1.04. The number of aromatic amines is 2. The van der Waals surface area contributed by atoms with Crippen LogP contribution in [0.25, 0.3) is 11.2 Å². The number of nitrogens with one attached hydrogen (secondary N) is 2. The largest absolute Gasteiger partial charge is 0.328 e. The van der Waals surface area contributed by atoms with Crippen LogP contribution in [0.3, 0.4) is 0 Å². The van der Waals surface area contributed by atoms with E-state index in [2.05, 4.69) is 20.4 Å². The molecule has 0 fully saturated rings. The molecule has 0 amide bonds. The van der Waals surface area contributed by atoms with Gasteiger partial charge in [0.05, 0.1) is 0 Å². The lowest BCUT2D eigenvalue weighted by atomic mass is 10.4. The van der Waals surface area contributed by atoms with Gasteiger partial charge in [-0.1, -0.05) is 12.2 Å². The Bertz CT molecular complexity index is 401. The highest BCUT2D eigenvalue weighted by atomic mass is 32.1. The molecule has 10 heavy (non-hydrogen) atoms. The van der Waals surface area contributed by atoms with Crippen molar-refractivity contribution in [3.8, 4) is 0 Å². The zero-order valence-electron chi connectivity index (χ0n) is 4.96. The number of fused-ring (bicyclic) bond motifs is 1. The first kappa shape index (κ1) is 5.55. The molecule has 0 radical (unpaired) electrons. The second kappa shape index (κ2) is 1.88. The van der Waals surface area contributed by atoms with Gasteiger partial charge < -0.3 is 4.98 Å². The van der Waals surface area contributed by atoms with Gasteiger partial charge in [-0.2, -0.15) is 10.3 Å². The van der Waals surface area contributed by atoms with E-state index in [0.717, 1.165) is 5.52 Å². The van der Waals surface area contributed by atoms with E-state index in [1.165, 1.54) is 0 Å². The summed E-state index contributed by atoms with van der Waals surface area (Å²) in [6, 6.07) is 3.60. The van der Waals surface area contributed by atoms with E-state index in [1.807, 2.05) is 6.07 Å². The average molecular weight is 152 g/mol. The first-order chi connectivity index (χ1) is 4.86. The summed E-state index contributed by atoms with van der Waals surface area (Å²) in [6.45, 7) is 0. The summed E-state index contributed by atoms with van der Waals surface area (Å²) in [4.78, 5) is 2.88. The van der Waals surface area contributed by atoms with Crippen LogP contribution in [0.1, 0.15) is 0 Å². The van der Waals surface area contributed by atoms with Crippen molar-refractivity contribution in [2.24, 2.45) is 0 Å². The molecular weight excluding hydrogens is 148 g/mol. The predicted molar refractivity (Wildman–Crippen MR) is 39.1 cm³/mol. The van der Waals surface area contributed by atoms with Gasteiger partial charge in [-0.15, -0.1) is 5.10 Å². The molecule has 50 valence electrons. The lowest BCUT2D eigenvalue weighted by molar-refractivity contribution is 0.954. The molecule has 4 nitrogen and oxygen atoms in total. The second-order valence-corrected chi connectivity index (χ2v) is 2.32. The van der Waals surface area contributed by atoms with Crippen molar-refractivity contribution in [1.29, 1.82) is 0 Å². The van der Waals surface area contributed by atoms with E-state index < -0.39 is 0 Å². The van der Waals surface area contributed by atoms with Gasteiger partial charge in [0.1, 0.15) is 10.2 Å². The minimum atomic E-state index is 0.668. The molecule has 5 heteroatoms. The van der Waals surface area contributed by atoms with Crippen LogP contribution in [0.5, 0.6) is 0 Å². The Labute approximate surface area is 61.3 Å².